The first-order valence-corrected chi connectivity index (χ1v) is 6.74. The normalized spacial score (nSPS) is 20.4. The fraction of sp³-hybridized carbons (Fsp3) is 0.231. The van der Waals surface area contributed by atoms with E-state index in [4.69, 9.17) is 10.1 Å². The Labute approximate surface area is 134 Å². The first kappa shape index (κ1) is 15.2. The first-order valence-electron chi connectivity index (χ1n) is 6.74. The van der Waals surface area contributed by atoms with E-state index in [0.717, 1.165) is 4.80 Å². The third-order valence-electron chi connectivity index (χ3n) is 3.50. The third-order valence-corrected chi connectivity index (χ3v) is 3.50. The molecule has 2 atom stereocenters. The zero-order chi connectivity index (χ0) is 17.3. The van der Waals surface area contributed by atoms with Crippen molar-refractivity contribution in [1.82, 2.24) is 25.2 Å². The minimum absolute atomic E-state index is 0.220. The molecule has 0 amide bonds. The zero-order valence-electron chi connectivity index (χ0n) is 12.3. The predicted molar refractivity (Wildman–Crippen MR) is 78.3 cm³/mol. The number of nitro groups is 1. The van der Waals surface area contributed by atoms with Crippen LogP contribution in [0.25, 0.3) is 5.70 Å². The molecule has 0 saturated heterocycles. The lowest BCUT2D eigenvalue weighted by Crippen LogP contribution is -2.31. The Bertz CT molecular complexity index is 882. The molecule has 120 valence electrons. The molecule has 3 heterocycles. The summed E-state index contributed by atoms with van der Waals surface area (Å²) >= 11 is 0. The Morgan fingerprint density at radius 2 is 2.33 bits per heavy atom. The molecule has 2 aromatic heterocycles. The van der Waals surface area contributed by atoms with E-state index < -0.39 is 22.7 Å². The second-order valence-electron chi connectivity index (χ2n) is 4.91. The minimum Gasteiger partial charge on any atom is -0.445 e. The molecule has 2 unspecified atom stereocenters. The molecule has 0 aromatic carbocycles. The number of hydrogen-bond donors (Lipinski definition) is 1. The van der Waals surface area contributed by atoms with Crippen LogP contribution in [0, 0.1) is 32.8 Å². The quantitative estimate of drug-likeness (QED) is 0.648. The van der Waals surface area contributed by atoms with Crippen molar-refractivity contribution < 1.29 is 9.66 Å². The van der Waals surface area contributed by atoms with Gasteiger partial charge in [-0.2, -0.15) is 5.26 Å². The van der Waals surface area contributed by atoms with Crippen LogP contribution in [0.15, 0.2) is 30.3 Å². The van der Waals surface area contributed by atoms with Crippen molar-refractivity contribution in [3.63, 3.8) is 0 Å². The zero-order valence-corrected chi connectivity index (χ0v) is 12.3. The lowest BCUT2D eigenvalue weighted by molar-refractivity contribution is -0.394. The van der Waals surface area contributed by atoms with Gasteiger partial charge in [0.05, 0.1) is 27.4 Å². The summed E-state index contributed by atoms with van der Waals surface area (Å²) in [7, 11) is 0. The van der Waals surface area contributed by atoms with Crippen LogP contribution in [0.4, 0.5) is 5.95 Å². The highest BCUT2D eigenvalue weighted by atomic mass is 16.6. The van der Waals surface area contributed by atoms with Gasteiger partial charge in [-0.1, -0.05) is 10.9 Å². The van der Waals surface area contributed by atoms with E-state index in [-0.39, 0.29) is 11.7 Å². The van der Waals surface area contributed by atoms with Crippen molar-refractivity contribution in [3.05, 3.63) is 46.0 Å². The molecule has 3 rings (SSSR count). The van der Waals surface area contributed by atoms with E-state index in [1.165, 1.54) is 0 Å². The van der Waals surface area contributed by atoms with Crippen molar-refractivity contribution >= 4 is 17.5 Å². The monoisotopic (exact) mass is 326 g/mol. The number of nitriles is 1. The average molecular weight is 326 g/mol. The van der Waals surface area contributed by atoms with E-state index >= 15 is 0 Å². The van der Waals surface area contributed by atoms with Gasteiger partial charge in [0.25, 0.3) is 0 Å². The number of ether oxygens (including phenoxy) is 1. The molecule has 1 N–H and O–H groups in total. The lowest BCUT2D eigenvalue weighted by atomic mass is 9.83. The lowest BCUT2D eigenvalue weighted by Gasteiger charge is -2.29. The molecule has 11 nitrogen and oxygen atoms in total. The molecule has 0 aliphatic carbocycles. The standard InChI is InChI=1S/C13H10N8O3/c1-7-11(20-18-13(17-19-20)21(22)23)10(8-3-2-4-16-6-8)9(5-14)12(15)24-7/h2-4,6,9-10,15H,1H3. The van der Waals surface area contributed by atoms with E-state index in [2.05, 4.69) is 20.4 Å². The summed E-state index contributed by atoms with van der Waals surface area (Å²) in [5, 5.41) is 38.9. The molecule has 1 aliphatic heterocycles. The molecule has 24 heavy (non-hydrogen) atoms. The van der Waals surface area contributed by atoms with Gasteiger partial charge in [-0.25, -0.2) is 0 Å². The van der Waals surface area contributed by atoms with Crippen LogP contribution in [0.1, 0.15) is 18.4 Å². The SMILES string of the molecule is CC1=C(n2nnc([N+](=O)[O-])n2)C(c2cccnc2)C(C#N)C(=N)O1. The van der Waals surface area contributed by atoms with Crippen LogP contribution < -0.4 is 0 Å². The molecule has 11 heteroatoms. The minimum atomic E-state index is -0.946. The van der Waals surface area contributed by atoms with Crippen LogP contribution >= 0.6 is 0 Å². The van der Waals surface area contributed by atoms with Crippen molar-refractivity contribution in [1.29, 1.82) is 10.7 Å². The molecule has 0 bridgehead atoms. The van der Waals surface area contributed by atoms with Gasteiger partial charge in [-0.3, -0.25) is 10.4 Å². The molecular formula is C13H10N8O3. The Balaban J connectivity index is 2.18. The number of hydrogen-bond acceptors (Lipinski definition) is 9. The number of pyridine rings is 1. The van der Waals surface area contributed by atoms with Gasteiger partial charge in [0.15, 0.2) is 0 Å². The van der Waals surface area contributed by atoms with E-state index in [9.17, 15) is 15.4 Å². The van der Waals surface area contributed by atoms with E-state index in [1.807, 2.05) is 6.07 Å². The Kier molecular flexibility index (Phi) is 3.70. The Hall–Kier alpha value is -3.68. The second kappa shape index (κ2) is 5.84. The smallest absolute Gasteiger partial charge is 0.445 e. The van der Waals surface area contributed by atoms with Crippen molar-refractivity contribution in [2.75, 3.05) is 0 Å². The van der Waals surface area contributed by atoms with Gasteiger partial charge in [0.1, 0.15) is 17.4 Å². The fourth-order valence-corrected chi connectivity index (χ4v) is 2.50. The van der Waals surface area contributed by atoms with Crippen molar-refractivity contribution in [2.24, 2.45) is 5.92 Å². The Morgan fingerprint density at radius 3 is 2.92 bits per heavy atom. The molecule has 0 radical (unpaired) electrons. The average Bonchev–Trinajstić information content (AvgIpc) is 3.05. The maximum atomic E-state index is 10.8. The van der Waals surface area contributed by atoms with Gasteiger partial charge in [-0.15, -0.1) is 0 Å². The van der Waals surface area contributed by atoms with Gasteiger partial charge in [0.2, 0.25) is 5.90 Å². The highest BCUT2D eigenvalue weighted by molar-refractivity contribution is 5.86. The summed E-state index contributed by atoms with van der Waals surface area (Å²) in [6, 6.07) is 5.44. The predicted octanol–water partition coefficient (Wildman–Crippen LogP) is 1.10. The third kappa shape index (κ3) is 2.45. The van der Waals surface area contributed by atoms with Gasteiger partial charge in [0, 0.05) is 12.4 Å². The van der Waals surface area contributed by atoms with Crippen LogP contribution in [0.2, 0.25) is 0 Å². The summed E-state index contributed by atoms with van der Waals surface area (Å²) in [4.78, 5) is 15.0. The maximum absolute atomic E-state index is 10.8. The number of aromatic nitrogens is 5. The summed E-state index contributed by atoms with van der Waals surface area (Å²) in [5.74, 6) is -2.25. The highest BCUT2D eigenvalue weighted by Crippen LogP contribution is 2.40. The topological polar surface area (TPSA) is 156 Å². The van der Waals surface area contributed by atoms with E-state index in [0.29, 0.717) is 11.3 Å². The molecule has 0 fully saturated rings. The summed E-state index contributed by atoms with van der Waals surface area (Å²) in [6.07, 6.45) is 3.12. The number of allylic oxidation sites excluding steroid dienone is 2. The largest absolute Gasteiger partial charge is 0.515 e. The fourth-order valence-electron chi connectivity index (χ4n) is 2.50. The van der Waals surface area contributed by atoms with Gasteiger partial charge in [-0.05, 0) is 23.5 Å². The molecule has 0 saturated carbocycles. The molecule has 1 aliphatic rings. The number of rotatable bonds is 3. The highest BCUT2D eigenvalue weighted by Gasteiger charge is 2.41. The van der Waals surface area contributed by atoms with Crippen LogP contribution in [-0.4, -0.2) is 36.0 Å². The number of nitrogens with one attached hydrogen (secondary N) is 1. The molecule has 0 spiro atoms. The second-order valence-corrected chi connectivity index (χ2v) is 4.91. The number of tetrazole rings is 1. The Morgan fingerprint density at radius 1 is 1.54 bits per heavy atom. The van der Waals surface area contributed by atoms with Crippen LogP contribution in [0.5, 0.6) is 0 Å². The van der Waals surface area contributed by atoms with Crippen molar-refractivity contribution in [3.8, 4) is 6.07 Å². The first-order chi connectivity index (χ1) is 11.5. The summed E-state index contributed by atoms with van der Waals surface area (Å²) in [6.45, 7) is 1.57. The molecular weight excluding hydrogens is 316 g/mol. The maximum Gasteiger partial charge on any atom is 0.515 e. The summed E-state index contributed by atoms with van der Waals surface area (Å²) in [5.41, 5.74) is 0.928. The summed E-state index contributed by atoms with van der Waals surface area (Å²) < 4.78 is 5.30. The van der Waals surface area contributed by atoms with Crippen molar-refractivity contribution in [2.45, 2.75) is 12.8 Å². The van der Waals surface area contributed by atoms with Gasteiger partial charge >= 0.3 is 5.95 Å². The van der Waals surface area contributed by atoms with Crippen LogP contribution in [-0.2, 0) is 4.74 Å². The van der Waals surface area contributed by atoms with E-state index in [1.54, 1.807) is 31.5 Å². The number of nitrogens with zero attached hydrogens (tertiary/aromatic N) is 7. The van der Waals surface area contributed by atoms with Crippen LogP contribution in [0.3, 0.4) is 0 Å². The molecule has 2 aromatic rings. The van der Waals surface area contributed by atoms with Gasteiger partial charge < -0.3 is 14.9 Å².